The summed E-state index contributed by atoms with van der Waals surface area (Å²) in [4.78, 5) is 0. The monoisotopic (exact) mass is 140 g/mol. The molecule has 5 heteroatoms. The minimum Gasteiger partial charge on any atom is -0.726 e. The summed E-state index contributed by atoms with van der Waals surface area (Å²) in [7, 11) is -4.44. The summed E-state index contributed by atoms with van der Waals surface area (Å²) < 4.78 is 32.6. The van der Waals surface area contributed by atoms with Crippen LogP contribution in [0.15, 0.2) is 0 Å². The Morgan fingerprint density at radius 2 is 2.25 bits per heavy atom. The van der Waals surface area contributed by atoms with E-state index in [4.69, 9.17) is 0 Å². The fraction of sp³-hybridized carbons (Fsp3) is 1.00. The molecule has 0 aliphatic rings. The topological polar surface area (TPSA) is 66.4 Å². The molecule has 0 aromatic heterocycles. The second kappa shape index (κ2) is 3.01. The minimum absolute atomic E-state index is 0. The molecular formula is C3H8O4S. The second-order valence-electron chi connectivity index (χ2n) is 1.23. The van der Waals surface area contributed by atoms with Crippen molar-refractivity contribution in [1.82, 2.24) is 0 Å². The van der Waals surface area contributed by atoms with Gasteiger partial charge in [-0.25, -0.2) is 8.42 Å². The summed E-state index contributed by atoms with van der Waals surface area (Å²) in [6.07, 6.45) is 0.529. The van der Waals surface area contributed by atoms with Crippen LogP contribution in [-0.4, -0.2) is 19.6 Å². The van der Waals surface area contributed by atoms with Gasteiger partial charge >= 0.3 is 1.43 Å². The number of hydrogen-bond acceptors (Lipinski definition) is 4. The van der Waals surface area contributed by atoms with Gasteiger partial charge in [0.05, 0.1) is 6.61 Å². The highest BCUT2D eigenvalue weighted by Crippen LogP contribution is 1.86. The summed E-state index contributed by atoms with van der Waals surface area (Å²) in [5.41, 5.74) is 0. The molecule has 0 N–H and O–H groups in total. The largest absolute Gasteiger partial charge is 1.00 e. The third kappa shape index (κ3) is 5.87. The van der Waals surface area contributed by atoms with Crippen molar-refractivity contribution < 1.29 is 18.6 Å². The van der Waals surface area contributed by atoms with Gasteiger partial charge in [-0.1, -0.05) is 6.92 Å². The van der Waals surface area contributed by atoms with Gasteiger partial charge in [0.1, 0.15) is 0 Å². The highest BCUT2D eigenvalue weighted by atomic mass is 32.3. The van der Waals surface area contributed by atoms with Crippen LogP contribution in [0.5, 0.6) is 0 Å². The summed E-state index contributed by atoms with van der Waals surface area (Å²) >= 11 is 0. The van der Waals surface area contributed by atoms with Crippen LogP contribution < -0.4 is 0 Å². The summed E-state index contributed by atoms with van der Waals surface area (Å²) in [6.45, 7) is 1.69. The molecule has 0 rings (SSSR count). The lowest BCUT2D eigenvalue weighted by Gasteiger charge is -2.04. The maximum absolute atomic E-state index is 9.61. The Hall–Kier alpha value is -0.130. The standard InChI is InChI=1S/C3H8O4S/c1-2-3-7-8(4,5)6/h2-3H2,1H3,(H,4,5,6). The molecule has 0 heterocycles. The molecule has 0 aromatic rings. The third-order valence-corrected chi connectivity index (χ3v) is 0.887. The molecule has 0 aliphatic heterocycles. The predicted molar refractivity (Wildman–Crippen MR) is 27.1 cm³/mol. The van der Waals surface area contributed by atoms with Crippen LogP contribution in [0.25, 0.3) is 0 Å². The van der Waals surface area contributed by atoms with E-state index in [-0.39, 0.29) is 8.03 Å². The van der Waals surface area contributed by atoms with Crippen molar-refractivity contribution in [3.8, 4) is 0 Å². The van der Waals surface area contributed by atoms with Gasteiger partial charge in [-0.3, -0.25) is 4.18 Å². The highest BCUT2D eigenvalue weighted by Gasteiger charge is 1.88. The van der Waals surface area contributed by atoms with Crippen molar-refractivity contribution >= 4 is 10.4 Å². The zero-order valence-electron chi connectivity index (χ0n) is 5.46. The van der Waals surface area contributed by atoms with Crippen molar-refractivity contribution in [2.45, 2.75) is 13.3 Å². The molecule has 0 bridgehead atoms. The second-order valence-corrected chi connectivity index (χ2v) is 2.28. The van der Waals surface area contributed by atoms with Crippen molar-refractivity contribution in [2.24, 2.45) is 0 Å². The molecule has 0 saturated carbocycles. The Morgan fingerprint density at radius 3 is 2.38 bits per heavy atom. The lowest BCUT2D eigenvalue weighted by Crippen LogP contribution is -2.03. The Balaban J connectivity index is 0. The molecule has 0 spiro atoms. The van der Waals surface area contributed by atoms with Crippen LogP contribution >= 0.6 is 0 Å². The summed E-state index contributed by atoms with van der Waals surface area (Å²) in [6, 6.07) is 0. The molecule has 0 aliphatic carbocycles. The maximum Gasteiger partial charge on any atom is 1.00 e. The quantitative estimate of drug-likeness (QED) is 0.408. The van der Waals surface area contributed by atoms with Crippen LogP contribution in [0.4, 0.5) is 0 Å². The molecule has 0 unspecified atom stereocenters. The molecule has 8 heavy (non-hydrogen) atoms. The van der Waals surface area contributed by atoms with Crippen LogP contribution in [0.2, 0.25) is 0 Å². The highest BCUT2D eigenvalue weighted by molar-refractivity contribution is 7.80. The first kappa shape index (κ1) is 7.87. The molecule has 0 saturated heterocycles. The lowest BCUT2D eigenvalue weighted by atomic mass is 10.5. The molecular weight excluding hydrogens is 132 g/mol. The van der Waals surface area contributed by atoms with Gasteiger partial charge in [-0.15, -0.1) is 0 Å². The van der Waals surface area contributed by atoms with E-state index in [2.05, 4.69) is 4.18 Å². The van der Waals surface area contributed by atoms with E-state index in [1.54, 1.807) is 6.92 Å². The Kier molecular flexibility index (Phi) is 2.96. The molecule has 4 nitrogen and oxygen atoms in total. The number of rotatable bonds is 3. The van der Waals surface area contributed by atoms with Crippen LogP contribution in [0.3, 0.4) is 0 Å². The van der Waals surface area contributed by atoms with E-state index < -0.39 is 10.4 Å². The summed E-state index contributed by atoms with van der Waals surface area (Å²) in [5.74, 6) is 0. The minimum atomic E-state index is -4.44. The average molecular weight is 140 g/mol. The molecule has 0 radical (unpaired) electrons. The molecule has 0 aromatic carbocycles. The van der Waals surface area contributed by atoms with Gasteiger partial charge in [0.15, 0.2) is 0 Å². The maximum atomic E-state index is 9.61. The predicted octanol–water partition coefficient (Wildman–Crippen LogP) is -0.0143. The van der Waals surface area contributed by atoms with Gasteiger partial charge in [-0.05, 0) is 6.42 Å². The normalized spacial score (nSPS) is 11.8. The van der Waals surface area contributed by atoms with Gasteiger partial charge in [0, 0.05) is 0 Å². The van der Waals surface area contributed by atoms with Crippen LogP contribution in [0, 0.1) is 0 Å². The van der Waals surface area contributed by atoms with Crippen molar-refractivity contribution in [3.63, 3.8) is 0 Å². The van der Waals surface area contributed by atoms with E-state index >= 15 is 0 Å². The van der Waals surface area contributed by atoms with E-state index in [1.807, 2.05) is 0 Å². The zero-order chi connectivity index (χ0) is 6.62. The zero-order valence-corrected chi connectivity index (χ0v) is 5.27. The van der Waals surface area contributed by atoms with Crippen LogP contribution in [0.1, 0.15) is 14.8 Å². The Labute approximate surface area is 49.9 Å². The Morgan fingerprint density at radius 1 is 1.75 bits per heavy atom. The van der Waals surface area contributed by atoms with E-state index in [0.29, 0.717) is 6.42 Å². The van der Waals surface area contributed by atoms with Crippen molar-refractivity contribution in [2.75, 3.05) is 6.61 Å². The molecule has 50 valence electrons. The van der Waals surface area contributed by atoms with Gasteiger partial charge in [0.2, 0.25) is 10.4 Å². The Bertz CT molecular complexity index is 140. The smallest absolute Gasteiger partial charge is 0.726 e. The van der Waals surface area contributed by atoms with Crippen molar-refractivity contribution in [1.29, 1.82) is 0 Å². The first-order valence-electron chi connectivity index (χ1n) is 2.16. The fourth-order valence-corrected chi connectivity index (χ4v) is 0.556. The van der Waals surface area contributed by atoms with Gasteiger partial charge in [0.25, 0.3) is 0 Å². The fourth-order valence-electron chi connectivity index (χ4n) is 0.185. The SMILES string of the molecule is CCCOS(=O)(=O)[O-].[H+]. The van der Waals surface area contributed by atoms with E-state index in [9.17, 15) is 13.0 Å². The van der Waals surface area contributed by atoms with Gasteiger partial charge in [-0.2, -0.15) is 0 Å². The first-order chi connectivity index (χ1) is 3.56. The van der Waals surface area contributed by atoms with Gasteiger partial charge < -0.3 is 4.55 Å². The third-order valence-electron chi connectivity index (χ3n) is 0.432. The summed E-state index contributed by atoms with van der Waals surface area (Å²) in [5, 5.41) is 0. The first-order valence-corrected chi connectivity index (χ1v) is 3.50. The lowest BCUT2D eigenvalue weighted by molar-refractivity contribution is 0.262. The average Bonchev–Trinajstić information content (AvgIpc) is 1.59. The van der Waals surface area contributed by atoms with E-state index in [1.165, 1.54) is 0 Å². The molecule has 0 atom stereocenters. The number of hydrogen-bond donors (Lipinski definition) is 0. The van der Waals surface area contributed by atoms with Crippen LogP contribution in [-0.2, 0) is 14.6 Å². The molecule has 0 amide bonds. The van der Waals surface area contributed by atoms with E-state index in [0.717, 1.165) is 0 Å². The van der Waals surface area contributed by atoms with Crippen molar-refractivity contribution in [3.05, 3.63) is 0 Å². The molecule has 0 fully saturated rings.